The minimum atomic E-state index is 0.115. The summed E-state index contributed by atoms with van der Waals surface area (Å²) in [5.41, 5.74) is 5.66. The van der Waals surface area contributed by atoms with Gasteiger partial charge in [-0.25, -0.2) is 4.99 Å². The molecule has 0 aliphatic heterocycles. The normalized spacial score (nSPS) is 11.0. The van der Waals surface area contributed by atoms with Gasteiger partial charge in [0.25, 0.3) is 0 Å². The molecule has 0 amide bonds. The molecule has 0 radical (unpaired) electrons. The SMILES string of the molecule is Cc1ccc(-c2oc(N=Cc3ccccc3O)c(C#N)c2-c2ccc(C)cc2)cc1. The number of phenolic OH excluding ortho intramolecular Hbond substituents is 1. The molecule has 30 heavy (non-hydrogen) atoms. The Kier molecular flexibility index (Phi) is 5.19. The summed E-state index contributed by atoms with van der Waals surface area (Å²) in [6.45, 7) is 4.04. The number of furan rings is 1. The van der Waals surface area contributed by atoms with Crippen molar-refractivity contribution in [3.8, 4) is 34.3 Å². The number of hydrogen-bond acceptors (Lipinski definition) is 4. The van der Waals surface area contributed by atoms with E-state index in [1.807, 2.05) is 68.4 Å². The maximum atomic E-state index is 10.00. The van der Waals surface area contributed by atoms with Crippen molar-refractivity contribution in [2.45, 2.75) is 13.8 Å². The molecule has 0 fully saturated rings. The van der Waals surface area contributed by atoms with Gasteiger partial charge in [-0.2, -0.15) is 5.26 Å². The van der Waals surface area contributed by atoms with E-state index in [-0.39, 0.29) is 11.6 Å². The number of nitriles is 1. The van der Waals surface area contributed by atoms with Crippen molar-refractivity contribution < 1.29 is 9.52 Å². The summed E-state index contributed by atoms with van der Waals surface area (Å²) in [4.78, 5) is 4.40. The number of aryl methyl sites for hydroxylation is 2. The van der Waals surface area contributed by atoms with Gasteiger partial charge in [0.05, 0.1) is 0 Å². The van der Waals surface area contributed by atoms with Crippen molar-refractivity contribution >= 4 is 12.1 Å². The third kappa shape index (κ3) is 3.74. The lowest BCUT2D eigenvalue weighted by atomic mass is 9.97. The fourth-order valence-electron chi connectivity index (χ4n) is 3.24. The Morgan fingerprint density at radius 1 is 0.867 bits per heavy atom. The molecule has 0 atom stereocenters. The van der Waals surface area contributed by atoms with Crippen molar-refractivity contribution in [1.82, 2.24) is 0 Å². The Balaban J connectivity index is 1.90. The molecule has 4 nitrogen and oxygen atoms in total. The van der Waals surface area contributed by atoms with Gasteiger partial charge in [-0.05, 0) is 31.5 Å². The van der Waals surface area contributed by atoms with Crippen LogP contribution >= 0.6 is 0 Å². The van der Waals surface area contributed by atoms with Crippen molar-refractivity contribution in [3.63, 3.8) is 0 Å². The maximum Gasteiger partial charge on any atom is 0.238 e. The molecule has 146 valence electrons. The van der Waals surface area contributed by atoms with Crippen LogP contribution in [0.5, 0.6) is 5.75 Å². The van der Waals surface area contributed by atoms with Gasteiger partial charge in [0.15, 0.2) is 0 Å². The highest BCUT2D eigenvalue weighted by atomic mass is 16.4. The van der Waals surface area contributed by atoms with Gasteiger partial charge in [0.1, 0.15) is 23.1 Å². The summed E-state index contributed by atoms with van der Waals surface area (Å²) in [7, 11) is 0. The molecule has 1 heterocycles. The Hall–Kier alpha value is -4.10. The highest BCUT2D eigenvalue weighted by molar-refractivity contribution is 5.90. The number of rotatable bonds is 4. The lowest BCUT2D eigenvalue weighted by molar-refractivity contribution is 0.474. The second-order valence-corrected chi connectivity index (χ2v) is 7.15. The van der Waals surface area contributed by atoms with Crippen LogP contribution < -0.4 is 0 Å². The molecule has 0 saturated heterocycles. The van der Waals surface area contributed by atoms with Gasteiger partial charge in [-0.3, -0.25) is 0 Å². The van der Waals surface area contributed by atoms with Crippen molar-refractivity contribution in [1.29, 1.82) is 5.26 Å². The van der Waals surface area contributed by atoms with Crippen LogP contribution in [-0.2, 0) is 0 Å². The Bertz CT molecular complexity index is 1260. The monoisotopic (exact) mass is 392 g/mol. The average Bonchev–Trinajstić information content (AvgIpc) is 3.12. The molecule has 1 aromatic heterocycles. The number of para-hydroxylation sites is 1. The van der Waals surface area contributed by atoms with Gasteiger partial charge >= 0.3 is 0 Å². The molecule has 0 bridgehead atoms. The summed E-state index contributed by atoms with van der Waals surface area (Å²) in [6.07, 6.45) is 1.51. The van der Waals surface area contributed by atoms with E-state index >= 15 is 0 Å². The molecule has 3 aromatic carbocycles. The topological polar surface area (TPSA) is 69.5 Å². The Morgan fingerprint density at radius 3 is 2.07 bits per heavy atom. The highest BCUT2D eigenvalue weighted by Crippen LogP contribution is 2.42. The van der Waals surface area contributed by atoms with Crippen molar-refractivity contribution in [3.05, 3.63) is 95.1 Å². The molecule has 0 aliphatic rings. The third-order valence-electron chi connectivity index (χ3n) is 4.91. The predicted octanol–water partition coefficient (Wildman–Crippen LogP) is 6.56. The summed E-state index contributed by atoms with van der Waals surface area (Å²) < 4.78 is 6.11. The molecular weight excluding hydrogens is 372 g/mol. The number of nitrogens with zero attached hydrogens (tertiary/aromatic N) is 2. The fourth-order valence-corrected chi connectivity index (χ4v) is 3.24. The number of aliphatic imine (C=N–C) groups is 1. The first-order chi connectivity index (χ1) is 14.6. The van der Waals surface area contributed by atoms with Gasteiger partial charge in [-0.1, -0.05) is 71.8 Å². The molecule has 0 spiro atoms. The molecule has 4 heteroatoms. The summed E-state index contributed by atoms with van der Waals surface area (Å²) >= 11 is 0. The van der Waals surface area contributed by atoms with Gasteiger partial charge < -0.3 is 9.52 Å². The maximum absolute atomic E-state index is 10.00. The van der Waals surface area contributed by atoms with Gasteiger partial charge in [0.2, 0.25) is 5.88 Å². The fraction of sp³-hybridized carbons (Fsp3) is 0.0769. The number of phenols is 1. The van der Waals surface area contributed by atoms with E-state index in [0.29, 0.717) is 22.5 Å². The lowest BCUT2D eigenvalue weighted by Gasteiger charge is -2.05. The largest absolute Gasteiger partial charge is 0.507 e. The summed E-state index contributed by atoms with van der Waals surface area (Å²) in [6, 6.07) is 25.1. The first-order valence-corrected chi connectivity index (χ1v) is 9.60. The molecule has 4 rings (SSSR count). The predicted molar refractivity (Wildman–Crippen MR) is 119 cm³/mol. The van der Waals surface area contributed by atoms with Crippen LogP contribution in [-0.4, -0.2) is 11.3 Å². The van der Waals surface area contributed by atoms with Crippen LogP contribution in [0.3, 0.4) is 0 Å². The third-order valence-corrected chi connectivity index (χ3v) is 4.91. The van der Waals surface area contributed by atoms with Crippen LogP contribution in [0.15, 0.2) is 82.2 Å². The standard InChI is InChI=1S/C26H20N2O2/c1-17-7-11-19(12-8-17)24-22(15-27)26(28-16-21-5-3-4-6-23(21)29)30-25(24)20-13-9-18(2)10-14-20/h3-14,16,29H,1-2H3. The zero-order valence-electron chi connectivity index (χ0n) is 16.8. The molecule has 0 saturated carbocycles. The molecule has 4 aromatic rings. The smallest absolute Gasteiger partial charge is 0.238 e. The minimum Gasteiger partial charge on any atom is -0.507 e. The number of benzene rings is 3. The van der Waals surface area contributed by atoms with Crippen LogP contribution in [0.25, 0.3) is 22.5 Å². The number of aromatic hydroxyl groups is 1. The summed E-state index contributed by atoms with van der Waals surface area (Å²) in [5, 5.41) is 19.9. The van der Waals surface area contributed by atoms with Gasteiger partial charge in [0, 0.05) is 22.9 Å². The molecular formula is C26H20N2O2. The van der Waals surface area contributed by atoms with Crippen LogP contribution in [0.4, 0.5) is 5.88 Å². The summed E-state index contributed by atoms with van der Waals surface area (Å²) in [5.74, 6) is 0.926. The number of hydrogen-bond donors (Lipinski definition) is 1. The second-order valence-electron chi connectivity index (χ2n) is 7.15. The zero-order chi connectivity index (χ0) is 21.1. The van der Waals surface area contributed by atoms with E-state index in [1.54, 1.807) is 18.2 Å². The van der Waals surface area contributed by atoms with E-state index < -0.39 is 0 Å². The molecule has 1 N–H and O–H groups in total. The van der Waals surface area contributed by atoms with E-state index in [1.165, 1.54) is 6.21 Å². The van der Waals surface area contributed by atoms with Crippen molar-refractivity contribution in [2.24, 2.45) is 4.99 Å². The lowest BCUT2D eigenvalue weighted by Crippen LogP contribution is -1.85. The Labute approximate surface area is 175 Å². The molecule has 0 unspecified atom stereocenters. The minimum absolute atomic E-state index is 0.115. The second kappa shape index (κ2) is 8.10. The van der Waals surface area contributed by atoms with E-state index in [2.05, 4.69) is 11.1 Å². The molecule has 0 aliphatic carbocycles. The highest BCUT2D eigenvalue weighted by Gasteiger charge is 2.22. The average molecular weight is 392 g/mol. The zero-order valence-corrected chi connectivity index (χ0v) is 16.8. The van der Waals surface area contributed by atoms with Crippen LogP contribution in [0.1, 0.15) is 22.3 Å². The van der Waals surface area contributed by atoms with Gasteiger partial charge in [-0.15, -0.1) is 0 Å². The Morgan fingerprint density at radius 2 is 1.47 bits per heavy atom. The van der Waals surface area contributed by atoms with E-state index in [9.17, 15) is 10.4 Å². The van der Waals surface area contributed by atoms with E-state index in [4.69, 9.17) is 4.42 Å². The van der Waals surface area contributed by atoms with Crippen LogP contribution in [0, 0.1) is 25.2 Å². The quantitative estimate of drug-likeness (QED) is 0.400. The first-order valence-electron chi connectivity index (χ1n) is 9.60. The van der Waals surface area contributed by atoms with Crippen molar-refractivity contribution in [2.75, 3.05) is 0 Å². The van der Waals surface area contributed by atoms with E-state index in [0.717, 1.165) is 22.3 Å². The van der Waals surface area contributed by atoms with Crippen LogP contribution in [0.2, 0.25) is 0 Å². The first kappa shape index (κ1) is 19.2.